The zero-order valence-electron chi connectivity index (χ0n) is 32.0. The topological polar surface area (TPSA) is 135 Å². The number of allylic oxidation sites excluding steroid dienone is 2. The van der Waals surface area contributed by atoms with E-state index in [4.69, 9.17) is 19.4 Å². The largest absolute Gasteiger partial charge is 0.497 e. The van der Waals surface area contributed by atoms with Gasteiger partial charge in [-0.25, -0.2) is 9.97 Å². The number of carbonyl (C=O) groups excluding carboxylic acids is 2. The molecule has 4 heterocycles. The highest BCUT2D eigenvalue weighted by molar-refractivity contribution is 6.28. The van der Waals surface area contributed by atoms with Crippen molar-refractivity contribution in [1.82, 2.24) is 29.7 Å². The van der Waals surface area contributed by atoms with Crippen LogP contribution in [0.4, 0.5) is 11.6 Å². The maximum absolute atomic E-state index is 13.7. The van der Waals surface area contributed by atoms with Crippen molar-refractivity contribution in [3.63, 3.8) is 0 Å². The van der Waals surface area contributed by atoms with Crippen molar-refractivity contribution in [1.29, 1.82) is 0 Å². The summed E-state index contributed by atoms with van der Waals surface area (Å²) >= 11 is 0. The van der Waals surface area contributed by atoms with Crippen molar-refractivity contribution >= 4 is 46.3 Å². The van der Waals surface area contributed by atoms with Crippen LogP contribution < -0.4 is 25.8 Å². The van der Waals surface area contributed by atoms with Crippen molar-refractivity contribution in [3.8, 4) is 16.9 Å². The van der Waals surface area contributed by atoms with Crippen LogP contribution in [-0.4, -0.2) is 109 Å². The molecule has 0 saturated heterocycles. The second kappa shape index (κ2) is 14.7. The molecule has 0 amide bonds. The summed E-state index contributed by atoms with van der Waals surface area (Å²) in [5.74, 6) is 2.01. The third kappa shape index (κ3) is 6.61. The Balaban J connectivity index is 0.878. The molecule has 0 unspecified atom stereocenters. The van der Waals surface area contributed by atoms with E-state index in [0.29, 0.717) is 47.3 Å². The van der Waals surface area contributed by atoms with Crippen LogP contribution in [0.2, 0.25) is 0 Å². The number of nitrogens with zero attached hydrogens (tertiary/aromatic N) is 6. The molecule has 0 saturated carbocycles. The van der Waals surface area contributed by atoms with Crippen molar-refractivity contribution in [2.75, 3.05) is 78.2 Å². The Morgan fingerprint density at radius 2 is 1.47 bits per heavy atom. The molecule has 0 radical (unpaired) electrons. The molecule has 280 valence electrons. The van der Waals surface area contributed by atoms with Crippen molar-refractivity contribution in [2.45, 2.75) is 20.3 Å². The second-order valence-corrected chi connectivity index (χ2v) is 14.4. The number of ether oxygens (including phenoxy) is 2. The molecule has 0 bridgehead atoms. The molecule has 4 aromatic heterocycles. The van der Waals surface area contributed by atoms with Gasteiger partial charge in [-0.3, -0.25) is 19.6 Å². The average molecular weight is 737 g/mol. The van der Waals surface area contributed by atoms with E-state index in [-0.39, 0.29) is 17.3 Å². The van der Waals surface area contributed by atoms with E-state index in [1.165, 1.54) is 7.11 Å². The quantitative estimate of drug-likeness (QED) is 0.167. The van der Waals surface area contributed by atoms with Crippen LogP contribution in [0.3, 0.4) is 0 Å². The first-order chi connectivity index (χ1) is 26.6. The monoisotopic (exact) mass is 736 g/mol. The van der Waals surface area contributed by atoms with Crippen LogP contribution in [0, 0.1) is 24.3 Å². The standard InChI is InChI=1S/C43H44N8O4/c1-24-18-26-20-31-36(32(26)22-46-24)29-10-11-35(55-6)41(53)39(29)49-42(31)44-12-16-50(3)14-7-15-51(4)17-13-45-43-38-37(28-9-8-27(54-5)21-34(28)48-43)33-23-47-25(2)19-30(33)40(38)52/h8-11,18-23,44H,7,12-17H2,1-6H3,(H,45,48). The van der Waals surface area contributed by atoms with Crippen LogP contribution in [-0.2, 0) is 4.74 Å². The highest BCUT2D eigenvalue weighted by Crippen LogP contribution is 2.44. The lowest BCUT2D eigenvalue weighted by molar-refractivity contribution is 0.0946. The minimum absolute atomic E-state index is 0.0270. The fraction of sp³-hybridized carbons (Fsp3) is 0.302. The number of methoxy groups -OCH3 is 2. The fourth-order valence-electron chi connectivity index (χ4n) is 7.74. The molecule has 0 atom stereocenters. The number of benzene rings is 1. The van der Waals surface area contributed by atoms with Gasteiger partial charge in [0.1, 0.15) is 23.1 Å². The van der Waals surface area contributed by atoms with Gasteiger partial charge in [0.2, 0.25) is 5.78 Å². The Bertz CT molecular complexity index is 2670. The number of aromatic nitrogens is 4. The highest BCUT2D eigenvalue weighted by atomic mass is 16.5. The van der Waals surface area contributed by atoms with E-state index < -0.39 is 0 Å². The summed E-state index contributed by atoms with van der Waals surface area (Å²) < 4.78 is 10.8. The highest BCUT2D eigenvalue weighted by Gasteiger charge is 2.33. The molecule has 0 spiro atoms. The van der Waals surface area contributed by atoms with Gasteiger partial charge < -0.3 is 29.9 Å². The number of aryl methyl sites for hydroxylation is 2. The molecule has 3 aliphatic carbocycles. The van der Waals surface area contributed by atoms with E-state index in [1.54, 1.807) is 19.4 Å². The SMILES string of the molecule is COC1=CC=c2c(nc(NCCN(C)CCCN(C)CCNc3nc4cc(OC)ccc4c4c3C(=O)c3cc(C)ncc3-4)c3c2=c2cnc(C)cc2=C3)C1=O. The number of nitrogens with one attached hydrogen (secondary N) is 2. The predicted molar refractivity (Wildman–Crippen MR) is 214 cm³/mol. The molecule has 2 N–H and O–H groups in total. The maximum atomic E-state index is 13.7. The lowest BCUT2D eigenvalue weighted by Gasteiger charge is -2.21. The molecule has 12 heteroatoms. The smallest absolute Gasteiger partial charge is 0.246 e. The first-order valence-electron chi connectivity index (χ1n) is 18.6. The van der Waals surface area contributed by atoms with Gasteiger partial charge in [0, 0.05) is 99.3 Å². The maximum Gasteiger partial charge on any atom is 0.246 e. The van der Waals surface area contributed by atoms with E-state index in [1.807, 2.05) is 50.4 Å². The van der Waals surface area contributed by atoms with Crippen LogP contribution in [0.15, 0.2) is 54.6 Å². The van der Waals surface area contributed by atoms with Gasteiger partial charge in [-0.05, 0) is 95.2 Å². The summed E-state index contributed by atoms with van der Waals surface area (Å²) in [4.78, 5) is 50.3. The number of anilines is 2. The van der Waals surface area contributed by atoms with Gasteiger partial charge >= 0.3 is 0 Å². The van der Waals surface area contributed by atoms with Gasteiger partial charge in [-0.1, -0.05) is 0 Å². The number of carbonyl (C=O) groups is 2. The van der Waals surface area contributed by atoms with Crippen LogP contribution in [0.5, 0.6) is 5.75 Å². The summed E-state index contributed by atoms with van der Waals surface area (Å²) in [5.41, 5.74) is 6.85. The van der Waals surface area contributed by atoms with Crippen LogP contribution in [0.25, 0.3) is 34.2 Å². The summed E-state index contributed by atoms with van der Waals surface area (Å²) in [7, 11) is 7.37. The Morgan fingerprint density at radius 1 is 0.745 bits per heavy atom. The summed E-state index contributed by atoms with van der Waals surface area (Å²) in [6.07, 6.45) is 10.4. The molecule has 8 rings (SSSR count). The third-order valence-electron chi connectivity index (χ3n) is 10.6. The molecule has 3 aliphatic rings. The van der Waals surface area contributed by atoms with Gasteiger partial charge in [0.05, 0.1) is 25.3 Å². The third-order valence-corrected chi connectivity index (χ3v) is 10.6. The van der Waals surface area contributed by atoms with Crippen LogP contribution >= 0.6 is 0 Å². The molecule has 0 fully saturated rings. The van der Waals surface area contributed by atoms with Gasteiger partial charge in [-0.15, -0.1) is 0 Å². The molecule has 0 aliphatic heterocycles. The number of ketones is 2. The molecule has 1 aromatic carbocycles. The number of pyridine rings is 4. The molecular formula is C43H44N8O4. The minimum atomic E-state index is -0.222. The predicted octanol–water partition coefficient (Wildman–Crippen LogP) is 3.97. The zero-order valence-corrected chi connectivity index (χ0v) is 32.0. The Hall–Kier alpha value is -5.98. The minimum Gasteiger partial charge on any atom is -0.497 e. The number of fused-ring (bicyclic) bond motifs is 9. The number of rotatable bonds is 14. The zero-order chi connectivity index (χ0) is 38.4. The van der Waals surface area contributed by atoms with Crippen molar-refractivity contribution in [3.05, 3.63) is 109 Å². The first-order valence-corrected chi connectivity index (χ1v) is 18.6. The van der Waals surface area contributed by atoms with Crippen molar-refractivity contribution < 1.29 is 19.1 Å². The number of Topliss-reactive ketones (excluding diaryl/α,β-unsaturated/α-hetero) is 1. The summed E-state index contributed by atoms with van der Waals surface area (Å²) in [6, 6.07) is 9.70. The van der Waals surface area contributed by atoms with Gasteiger partial charge in [-0.2, -0.15) is 0 Å². The summed E-state index contributed by atoms with van der Waals surface area (Å²) in [5, 5.41) is 11.8. The lowest BCUT2D eigenvalue weighted by Crippen LogP contribution is -2.31. The Labute approximate surface area is 318 Å². The Kier molecular flexibility index (Phi) is 9.62. The number of hydrogen-bond acceptors (Lipinski definition) is 12. The van der Waals surface area contributed by atoms with Gasteiger partial charge in [0.25, 0.3) is 0 Å². The van der Waals surface area contributed by atoms with Gasteiger partial charge in [0.15, 0.2) is 11.5 Å². The normalized spacial score (nSPS) is 13.5. The van der Waals surface area contributed by atoms with E-state index >= 15 is 0 Å². The molecular weight excluding hydrogens is 693 g/mol. The lowest BCUT2D eigenvalue weighted by atomic mass is 10.0. The molecule has 55 heavy (non-hydrogen) atoms. The van der Waals surface area contributed by atoms with E-state index in [9.17, 15) is 9.59 Å². The van der Waals surface area contributed by atoms with Crippen LogP contribution in [0.1, 0.15) is 49.8 Å². The Morgan fingerprint density at radius 3 is 2.22 bits per heavy atom. The number of likely N-dealkylation sites (N-methyl/N-ethyl adjacent to an activating group) is 2. The number of hydrogen-bond donors (Lipinski definition) is 2. The van der Waals surface area contributed by atoms with E-state index in [2.05, 4.69) is 56.6 Å². The molecule has 5 aromatic rings. The molecule has 12 nitrogen and oxygen atoms in total. The average Bonchev–Trinajstić information content (AvgIpc) is 3.70. The van der Waals surface area contributed by atoms with E-state index in [0.717, 1.165) is 92.5 Å². The second-order valence-electron chi connectivity index (χ2n) is 14.4. The van der Waals surface area contributed by atoms with Crippen molar-refractivity contribution in [2.24, 2.45) is 0 Å². The fourth-order valence-corrected chi connectivity index (χ4v) is 7.74. The summed E-state index contributed by atoms with van der Waals surface area (Å²) in [6.45, 7) is 8.56. The first kappa shape index (κ1) is 36.0.